The summed E-state index contributed by atoms with van der Waals surface area (Å²) < 4.78 is 7.84. The monoisotopic (exact) mass is 540 g/mol. The minimum atomic E-state index is -0.433. The van der Waals surface area contributed by atoms with E-state index in [-0.39, 0.29) is 6.04 Å². The summed E-state index contributed by atoms with van der Waals surface area (Å²) in [5.74, 6) is 1.53. The molecule has 0 amide bonds. The Balaban J connectivity index is 1.38. The zero-order valence-electron chi connectivity index (χ0n) is 18.0. The predicted molar refractivity (Wildman–Crippen MR) is 137 cm³/mol. The smallest absolute Gasteiger partial charge is 0.198 e. The number of hydrogen-bond acceptors (Lipinski definition) is 3. The summed E-state index contributed by atoms with van der Waals surface area (Å²) in [7, 11) is 0. The van der Waals surface area contributed by atoms with Gasteiger partial charge in [-0.1, -0.05) is 75.5 Å². The number of fused-ring (bicyclic) bond motifs is 4. The van der Waals surface area contributed by atoms with Gasteiger partial charge in [-0.3, -0.25) is 0 Å². The summed E-state index contributed by atoms with van der Waals surface area (Å²) in [6.07, 6.45) is 4.81. The molecule has 0 saturated heterocycles. The molecule has 168 valence electrons. The lowest BCUT2D eigenvalue weighted by Crippen LogP contribution is -2.55. The van der Waals surface area contributed by atoms with Crippen LogP contribution in [0, 0.1) is 0 Å². The number of nitrogens with zero attached hydrogens (tertiary/aromatic N) is 2. The molecule has 6 rings (SSSR count). The Labute approximate surface area is 212 Å². The molecule has 3 aliphatic rings. The molecular formula is C27H23BrCl2N2O. The number of benzene rings is 3. The predicted octanol–water partition coefficient (Wildman–Crippen LogP) is 8.35. The Morgan fingerprint density at radius 3 is 2.52 bits per heavy atom. The topological polar surface area (TPSA) is 24.8 Å². The van der Waals surface area contributed by atoms with Gasteiger partial charge in [-0.2, -0.15) is 5.10 Å². The van der Waals surface area contributed by atoms with E-state index in [1.54, 1.807) is 6.07 Å². The van der Waals surface area contributed by atoms with Crippen molar-refractivity contribution >= 4 is 44.8 Å². The first-order chi connectivity index (χ1) is 16.0. The number of hydrogen-bond donors (Lipinski definition) is 0. The van der Waals surface area contributed by atoms with Crippen molar-refractivity contribution in [2.24, 2.45) is 5.10 Å². The van der Waals surface area contributed by atoms with Gasteiger partial charge in [0, 0.05) is 39.9 Å². The van der Waals surface area contributed by atoms with Crippen LogP contribution >= 0.6 is 39.1 Å². The van der Waals surface area contributed by atoms with Crippen LogP contribution < -0.4 is 4.74 Å². The molecule has 1 spiro atoms. The average Bonchev–Trinajstić information content (AvgIpc) is 3.27. The van der Waals surface area contributed by atoms with Gasteiger partial charge in [0.1, 0.15) is 5.75 Å². The van der Waals surface area contributed by atoms with Crippen molar-refractivity contribution < 1.29 is 4.74 Å². The van der Waals surface area contributed by atoms with Crippen LogP contribution in [0.25, 0.3) is 0 Å². The molecule has 1 atom stereocenters. The Bertz CT molecular complexity index is 1240. The molecule has 3 nitrogen and oxygen atoms in total. The lowest BCUT2D eigenvalue weighted by Gasteiger charge is -2.50. The normalized spacial score (nSPS) is 25.9. The standard InChI is InChI=1S/C27H23BrCl2N2O/c28-19-6-9-26-22(14-19)25-16-24(21-8-7-20(29)15-23(21)30)31-32(25)27(33-26)12-10-18(11-13-27)17-4-2-1-3-5-17/h1-9,14-15,18,25H,10-13,16H2. The molecule has 3 aromatic carbocycles. The average molecular weight is 542 g/mol. The lowest BCUT2D eigenvalue weighted by molar-refractivity contribution is -0.142. The highest BCUT2D eigenvalue weighted by atomic mass is 79.9. The molecule has 0 aromatic heterocycles. The second-order valence-corrected chi connectivity index (χ2v) is 10.9. The molecule has 2 aliphatic heterocycles. The van der Waals surface area contributed by atoms with E-state index >= 15 is 0 Å². The minimum Gasteiger partial charge on any atom is -0.466 e. The van der Waals surface area contributed by atoms with Crippen LogP contribution in [0.3, 0.4) is 0 Å². The Hall–Kier alpha value is -2.01. The SMILES string of the molecule is Clc1ccc(C2=NN3C(C2)c2cc(Br)ccc2OC32CCC(c3ccccc3)CC2)c(Cl)c1. The minimum absolute atomic E-state index is 0.126. The molecule has 1 fully saturated rings. The molecule has 1 saturated carbocycles. The van der Waals surface area contributed by atoms with Gasteiger partial charge in [0.05, 0.1) is 16.8 Å². The van der Waals surface area contributed by atoms with Crippen LogP contribution in [-0.4, -0.2) is 16.4 Å². The zero-order valence-corrected chi connectivity index (χ0v) is 21.1. The van der Waals surface area contributed by atoms with Crippen LogP contribution in [0.4, 0.5) is 0 Å². The van der Waals surface area contributed by atoms with Crippen LogP contribution in [0.15, 0.2) is 76.3 Å². The van der Waals surface area contributed by atoms with E-state index in [1.807, 2.05) is 12.1 Å². The van der Waals surface area contributed by atoms with E-state index in [9.17, 15) is 0 Å². The highest BCUT2D eigenvalue weighted by Gasteiger charge is 2.52. The van der Waals surface area contributed by atoms with E-state index in [0.717, 1.165) is 53.6 Å². The number of hydrazone groups is 1. The number of halogens is 3. The van der Waals surface area contributed by atoms with Gasteiger partial charge >= 0.3 is 0 Å². The van der Waals surface area contributed by atoms with Crippen molar-refractivity contribution in [2.45, 2.75) is 49.8 Å². The van der Waals surface area contributed by atoms with Gasteiger partial charge in [-0.05, 0) is 54.7 Å². The van der Waals surface area contributed by atoms with Gasteiger partial charge < -0.3 is 4.74 Å². The molecule has 1 unspecified atom stereocenters. The molecule has 6 heteroatoms. The first-order valence-electron chi connectivity index (χ1n) is 11.4. The van der Waals surface area contributed by atoms with Crippen LogP contribution in [-0.2, 0) is 0 Å². The van der Waals surface area contributed by atoms with Crippen molar-refractivity contribution in [2.75, 3.05) is 0 Å². The number of rotatable bonds is 2. The Kier molecular flexibility index (Phi) is 5.44. The van der Waals surface area contributed by atoms with Crippen molar-refractivity contribution in [1.29, 1.82) is 0 Å². The Morgan fingerprint density at radius 1 is 0.970 bits per heavy atom. The maximum Gasteiger partial charge on any atom is 0.198 e. The van der Waals surface area contributed by atoms with E-state index in [4.69, 9.17) is 33.0 Å². The zero-order chi connectivity index (χ0) is 22.6. The largest absolute Gasteiger partial charge is 0.466 e. The third-order valence-corrected chi connectivity index (χ3v) is 8.28. The molecule has 0 radical (unpaired) electrons. The van der Waals surface area contributed by atoms with Crippen LogP contribution in [0.2, 0.25) is 10.0 Å². The van der Waals surface area contributed by atoms with Crippen molar-refractivity contribution in [1.82, 2.24) is 5.01 Å². The molecule has 33 heavy (non-hydrogen) atoms. The highest BCUT2D eigenvalue weighted by Crippen LogP contribution is 2.53. The summed E-state index contributed by atoms with van der Waals surface area (Å²) in [5.41, 5.74) is 4.09. The lowest BCUT2D eigenvalue weighted by atomic mass is 9.78. The van der Waals surface area contributed by atoms with Crippen molar-refractivity contribution in [3.8, 4) is 5.75 Å². The fourth-order valence-corrected chi connectivity index (χ4v) is 6.49. The summed E-state index contributed by atoms with van der Waals surface area (Å²) >= 11 is 16.4. The first-order valence-corrected chi connectivity index (χ1v) is 12.9. The van der Waals surface area contributed by atoms with Crippen molar-refractivity contribution in [3.63, 3.8) is 0 Å². The molecule has 0 bridgehead atoms. The van der Waals surface area contributed by atoms with Gasteiger partial charge in [0.25, 0.3) is 0 Å². The highest BCUT2D eigenvalue weighted by molar-refractivity contribution is 9.10. The van der Waals surface area contributed by atoms with E-state index in [1.165, 1.54) is 11.1 Å². The van der Waals surface area contributed by atoms with Gasteiger partial charge in [0.2, 0.25) is 0 Å². The maximum atomic E-state index is 6.79. The molecule has 0 N–H and O–H groups in total. The van der Waals surface area contributed by atoms with Crippen LogP contribution in [0.1, 0.15) is 60.8 Å². The first kappa shape index (κ1) is 21.5. The molecule has 1 aliphatic carbocycles. The van der Waals surface area contributed by atoms with E-state index in [0.29, 0.717) is 16.0 Å². The summed E-state index contributed by atoms with van der Waals surface area (Å²) in [6, 6.07) is 22.9. The molecular weight excluding hydrogens is 519 g/mol. The third-order valence-electron chi connectivity index (χ3n) is 7.24. The van der Waals surface area contributed by atoms with E-state index < -0.39 is 5.72 Å². The van der Waals surface area contributed by atoms with Gasteiger partial charge in [-0.15, -0.1) is 0 Å². The quantitative estimate of drug-likeness (QED) is 0.325. The molecule has 3 aromatic rings. The van der Waals surface area contributed by atoms with Crippen molar-refractivity contribution in [3.05, 3.63) is 97.9 Å². The summed E-state index contributed by atoms with van der Waals surface area (Å²) in [5, 5.41) is 8.67. The fourth-order valence-electron chi connectivity index (χ4n) is 5.60. The summed E-state index contributed by atoms with van der Waals surface area (Å²) in [4.78, 5) is 0. The number of ether oxygens (including phenoxy) is 1. The second kappa shape index (κ2) is 8.33. The van der Waals surface area contributed by atoms with Gasteiger partial charge in [-0.25, -0.2) is 5.01 Å². The fraction of sp³-hybridized carbons (Fsp3) is 0.296. The third kappa shape index (κ3) is 3.77. The Morgan fingerprint density at radius 2 is 1.76 bits per heavy atom. The summed E-state index contributed by atoms with van der Waals surface area (Å²) in [6.45, 7) is 0. The van der Waals surface area contributed by atoms with E-state index in [2.05, 4.69) is 69.5 Å². The maximum absolute atomic E-state index is 6.79. The van der Waals surface area contributed by atoms with Crippen LogP contribution in [0.5, 0.6) is 5.75 Å². The molecule has 2 heterocycles. The second-order valence-electron chi connectivity index (χ2n) is 9.15. The van der Waals surface area contributed by atoms with Gasteiger partial charge in [0.15, 0.2) is 5.72 Å².